The quantitative estimate of drug-likeness (QED) is 0.518. The first-order valence-electron chi connectivity index (χ1n) is 8.19. The normalized spacial score (nSPS) is 10.8. The average molecular weight is 308 g/mol. The van der Waals surface area contributed by atoms with E-state index in [0.717, 1.165) is 0 Å². The Morgan fingerprint density at radius 2 is 1.05 bits per heavy atom. The maximum Gasteiger partial charge on any atom is 0.484 e. The summed E-state index contributed by atoms with van der Waals surface area (Å²) in [6, 6.07) is 0. The number of hydrogen-bond acceptors (Lipinski definition) is 4. The molecule has 0 heterocycles. The Bertz CT molecular complexity index is 151. The molecule has 0 aliphatic rings. The monoisotopic (exact) mass is 307 g/mol. The SMILES string of the molecule is CCCCN(C)CCCC.CCO[SiH](OCC)OCC. The molecule has 0 aromatic carbocycles. The summed E-state index contributed by atoms with van der Waals surface area (Å²) in [6.45, 7) is 14.9. The van der Waals surface area contributed by atoms with Gasteiger partial charge in [-0.2, -0.15) is 0 Å². The molecule has 0 aliphatic carbocycles. The Kier molecular flexibility index (Phi) is 21.3. The van der Waals surface area contributed by atoms with Crippen LogP contribution < -0.4 is 0 Å². The number of hydrogen-bond donors (Lipinski definition) is 0. The zero-order chi connectivity index (χ0) is 15.6. The predicted octanol–water partition coefficient (Wildman–Crippen LogP) is 3.33. The molecule has 0 amide bonds. The third kappa shape index (κ3) is 18.1. The van der Waals surface area contributed by atoms with Crippen LogP contribution in [0.15, 0.2) is 0 Å². The average Bonchev–Trinajstić information content (AvgIpc) is 2.44. The number of rotatable bonds is 12. The molecule has 4 nitrogen and oxygen atoms in total. The van der Waals surface area contributed by atoms with Crippen molar-refractivity contribution in [2.75, 3.05) is 40.0 Å². The third-order valence-corrected chi connectivity index (χ3v) is 4.51. The van der Waals surface area contributed by atoms with Crippen molar-refractivity contribution >= 4 is 9.53 Å². The van der Waals surface area contributed by atoms with E-state index in [-0.39, 0.29) is 0 Å². The lowest BCUT2D eigenvalue weighted by molar-refractivity contribution is 0.107. The highest BCUT2D eigenvalue weighted by Crippen LogP contribution is 1.94. The topological polar surface area (TPSA) is 30.9 Å². The van der Waals surface area contributed by atoms with Gasteiger partial charge in [-0.05, 0) is 53.8 Å². The standard InChI is InChI=1S/C9H21N.C6H16O3Si/c1-4-6-8-10(3)9-7-5-2;1-4-7-10(8-5-2)9-6-3/h4-9H2,1-3H3;10H,4-6H2,1-3H3. The maximum atomic E-state index is 5.22. The summed E-state index contributed by atoms with van der Waals surface area (Å²) in [5.41, 5.74) is 0. The Morgan fingerprint density at radius 1 is 0.700 bits per heavy atom. The molecule has 0 N–H and O–H groups in total. The van der Waals surface area contributed by atoms with Crippen LogP contribution in [0.25, 0.3) is 0 Å². The Morgan fingerprint density at radius 3 is 1.30 bits per heavy atom. The molecule has 20 heavy (non-hydrogen) atoms. The van der Waals surface area contributed by atoms with Gasteiger partial charge in [0.15, 0.2) is 0 Å². The molecule has 0 saturated carbocycles. The van der Waals surface area contributed by atoms with Crippen molar-refractivity contribution in [1.29, 1.82) is 0 Å². The largest absolute Gasteiger partial charge is 0.484 e. The lowest BCUT2D eigenvalue weighted by Crippen LogP contribution is -2.27. The van der Waals surface area contributed by atoms with Gasteiger partial charge in [0.25, 0.3) is 0 Å². The summed E-state index contributed by atoms with van der Waals surface area (Å²) < 4.78 is 15.7. The summed E-state index contributed by atoms with van der Waals surface area (Å²) in [7, 11) is 0.480. The van der Waals surface area contributed by atoms with Gasteiger partial charge < -0.3 is 18.2 Å². The Labute approximate surface area is 128 Å². The maximum absolute atomic E-state index is 5.22. The molecule has 0 aliphatic heterocycles. The third-order valence-electron chi connectivity index (χ3n) is 2.70. The van der Waals surface area contributed by atoms with E-state index >= 15 is 0 Å². The van der Waals surface area contributed by atoms with Crippen molar-refractivity contribution in [3.8, 4) is 0 Å². The first-order chi connectivity index (χ1) is 9.65. The molecule has 5 heteroatoms. The van der Waals surface area contributed by atoms with Crippen molar-refractivity contribution in [2.24, 2.45) is 0 Å². The minimum absolute atomic E-state index is 0.677. The van der Waals surface area contributed by atoms with Crippen LogP contribution in [-0.4, -0.2) is 54.4 Å². The van der Waals surface area contributed by atoms with Gasteiger partial charge in [-0.15, -0.1) is 0 Å². The minimum atomic E-state index is -1.73. The van der Waals surface area contributed by atoms with Crippen molar-refractivity contribution < 1.29 is 13.3 Å². The summed E-state index contributed by atoms with van der Waals surface area (Å²) in [4.78, 5) is 2.42. The van der Waals surface area contributed by atoms with Crippen LogP contribution in [-0.2, 0) is 13.3 Å². The fourth-order valence-electron chi connectivity index (χ4n) is 1.52. The fraction of sp³-hybridized carbons (Fsp3) is 1.00. The van der Waals surface area contributed by atoms with Gasteiger partial charge in [-0.1, -0.05) is 26.7 Å². The second-order valence-corrected chi connectivity index (χ2v) is 6.24. The van der Waals surface area contributed by atoms with Gasteiger partial charge in [0.1, 0.15) is 0 Å². The molecule has 0 bridgehead atoms. The van der Waals surface area contributed by atoms with Crippen molar-refractivity contribution in [3.05, 3.63) is 0 Å². The van der Waals surface area contributed by atoms with Crippen LogP contribution in [0.4, 0.5) is 0 Å². The van der Waals surface area contributed by atoms with Crippen LogP contribution >= 0.6 is 0 Å². The lowest BCUT2D eigenvalue weighted by atomic mass is 10.3. The Balaban J connectivity index is 0. The first-order valence-corrected chi connectivity index (χ1v) is 9.60. The van der Waals surface area contributed by atoms with Gasteiger partial charge in [0.2, 0.25) is 0 Å². The predicted molar refractivity (Wildman–Crippen MR) is 89.3 cm³/mol. The van der Waals surface area contributed by atoms with Gasteiger partial charge >= 0.3 is 9.53 Å². The van der Waals surface area contributed by atoms with Crippen LogP contribution in [0.5, 0.6) is 0 Å². The summed E-state index contributed by atoms with van der Waals surface area (Å²) in [6.07, 6.45) is 5.33. The highest BCUT2D eigenvalue weighted by atomic mass is 28.3. The molecular weight excluding hydrogens is 270 g/mol. The second kappa shape index (κ2) is 19.1. The van der Waals surface area contributed by atoms with E-state index in [1.54, 1.807) is 0 Å². The first kappa shape index (κ1) is 22.3. The van der Waals surface area contributed by atoms with E-state index < -0.39 is 9.53 Å². The molecule has 0 rings (SSSR count). The fourth-order valence-corrected chi connectivity index (χ4v) is 2.63. The van der Waals surface area contributed by atoms with Crippen LogP contribution in [0, 0.1) is 0 Å². The van der Waals surface area contributed by atoms with E-state index in [1.165, 1.54) is 38.8 Å². The van der Waals surface area contributed by atoms with Crippen molar-refractivity contribution in [1.82, 2.24) is 4.90 Å². The molecule has 124 valence electrons. The molecule has 0 fully saturated rings. The summed E-state index contributed by atoms with van der Waals surface area (Å²) in [5.74, 6) is 0. The van der Waals surface area contributed by atoms with Crippen LogP contribution in [0.3, 0.4) is 0 Å². The van der Waals surface area contributed by atoms with Crippen molar-refractivity contribution in [2.45, 2.75) is 60.3 Å². The van der Waals surface area contributed by atoms with E-state index in [0.29, 0.717) is 19.8 Å². The highest BCUT2D eigenvalue weighted by molar-refractivity contribution is 6.36. The molecule has 0 atom stereocenters. The molecule has 0 spiro atoms. The van der Waals surface area contributed by atoms with E-state index in [9.17, 15) is 0 Å². The molecule has 0 aromatic rings. The number of unbranched alkanes of at least 4 members (excludes halogenated alkanes) is 2. The summed E-state index contributed by atoms with van der Waals surface area (Å²) >= 11 is 0. The molecule has 0 radical (unpaired) electrons. The molecule has 0 unspecified atom stereocenters. The molecule has 0 aromatic heterocycles. The zero-order valence-corrected chi connectivity index (χ0v) is 15.8. The summed E-state index contributed by atoms with van der Waals surface area (Å²) in [5, 5.41) is 0. The lowest BCUT2D eigenvalue weighted by Gasteiger charge is -2.14. The van der Waals surface area contributed by atoms with Crippen LogP contribution in [0.2, 0.25) is 0 Å². The Hall–Kier alpha value is 0.0569. The van der Waals surface area contributed by atoms with Gasteiger partial charge in [-0.25, -0.2) is 0 Å². The smallest absolute Gasteiger partial charge is 0.376 e. The van der Waals surface area contributed by atoms with Gasteiger partial charge in [0, 0.05) is 19.8 Å². The van der Waals surface area contributed by atoms with E-state index in [2.05, 4.69) is 25.8 Å². The highest BCUT2D eigenvalue weighted by Gasteiger charge is 2.11. The molecule has 0 saturated heterocycles. The van der Waals surface area contributed by atoms with E-state index in [4.69, 9.17) is 13.3 Å². The van der Waals surface area contributed by atoms with E-state index in [1.807, 2.05) is 20.8 Å². The van der Waals surface area contributed by atoms with Gasteiger partial charge in [-0.3, -0.25) is 0 Å². The minimum Gasteiger partial charge on any atom is -0.376 e. The van der Waals surface area contributed by atoms with Crippen LogP contribution in [0.1, 0.15) is 60.3 Å². The van der Waals surface area contributed by atoms with Gasteiger partial charge in [0.05, 0.1) is 0 Å². The molecular formula is C15H37NO3Si. The zero-order valence-electron chi connectivity index (χ0n) is 14.6. The van der Waals surface area contributed by atoms with Crippen molar-refractivity contribution in [3.63, 3.8) is 0 Å². The number of nitrogens with zero attached hydrogens (tertiary/aromatic N) is 1. The second-order valence-electron chi connectivity index (χ2n) is 4.67.